The summed E-state index contributed by atoms with van der Waals surface area (Å²) in [7, 11) is 1.51. The number of carbonyl (C=O) groups is 2. The second-order valence-corrected chi connectivity index (χ2v) is 5.50. The smallest absolute Gasteiger partial charge is 0.348 e. The molecule has 1 aromatic carbocycles. The van der Waals surface area contributed by atoms with Crippen LogP contribution in [0.1, 0.15) is 15.2 Å². The standard InChI is InChI=1S/C14H12ClNO4S/c1-20-11-3-2-9(15)6-8(11)7-12(17)16-10-4-5-21-13(10)14(18)19/h2-6H,7H2,1H3,(H,16,17)(H,18,19). The lowest BCUT2D eigenvalue weighted by atomic mass is 10.1. The molecule has 2 rings (SSSR count). The monoisotopic (exact) mass is 325 g/mol. The van der Waals surface area contributed by atoms with Crippen molar-refractivity contribution in [2.45, 2.75) is 6.42 Å². The first kappa shape index (κ1) is 15.3. The molecule has 0 aliphatic rings. The summed E-state index contributed by atoms with van der Waals surface area (Å²) in [5, 5.41) is 13.7. The zero-order valence-electron chi connectivity index (χ0n) is 11.1. The van der Waals surface area contributed by atoms with Crippen molar-refractivity contribution in [3.63, 3.8) is 0 Å². The molecule has 0 unspecified atom stereocenters. The van der Waals surface area contributed by atoms with Crippen LogP contribution in [-0.2, 0) is 11.2 Å². The number of amides is 1. The van der Waals surface area contributed by atoms with Crippen molar-refractivity contribution in [3.8, 4) is 5.75 Å². The largest absolute Gasteiger partial charge is 0.496 e. The van der Waals surface area contributed by atoms with Crippen molar-refractivity contribution in [2.24, 2.45) is 0 Å². The van der Waals surface area contributed by atoms with Crippen molar-refractivity contribution in [2.75, 3.05) is 12.4 Å². The van der Waals surface area contributed by atoms with Gasteiger partial charge in [-0.3, -0.25) is 4.79 Å². The molecule has 0 saturated heterocycles. The molecule has 21 heavy (non-hydrogen) atoms. The highest BCUT2D eigenvalue weighted by Gasteiger charge is 2.15. The Morgan fingerprint density at radius 1 is 1.38 bits per heavy atom. The average Bonchev–Trinajstić information content (AvgIpc) is 2.87. The van der Waals surface area contributed by atoms with E-state index in [9.17, 15) is 9.59 Å². The van der Waals surface area contributed by atoms with Gasteiger partial charge in [-0.2, -0.15) is 0 Å². The van der Waals surface area contributed by atoms with Crippen LogP contribution in [0.5, 0.6) is 5.75 Å². The van der Waals surface area contributed by atoms with Crippen LogP contribution in [-0.4, -0.2) is 24.1 Å². The number of benzene rings is 1. The van der Waals surface area contributed by atoms with Gasteiger partial charge in [0.25, 0.3) is 0 Å². The highest BCUT2D eigenvalue weighted by Crippen LogP contribution is 2.25. The maximum absolute atomic E-state index is 12.0. The average molecular weight is 326 g/mol. The van der Waals surface area contributed by atoms with Gasteiger partial charge in [0.2, 0.25) is 5.91 Å². The molecular formula is C14H12ClNO4S. The van der Waals surface area contributed by atoms with Crippen molar-refractivity contribution >= 4 is 40.5 Å². The molecule has 5 nitrogen and oxygen atoms in total. The van der Waals surface area contributed by atoms with Crippen molar-refractivity contribution in [1.82, 2.24) is 0 Å². The summed E-state index contributed by atoms with van der Waals surface area (Å²) in [6.45, 7) is 0. The molecule has 2 N–H and O–H groups in total. The summed E-state index contributed by atoms with van der Waals surface area (Å²) in [6.07, 6.45) is 0.0403. The molecule has 0 bridgehead atoms. The Balaban J connectivity index is 2.13. The van der Waals surface area contributed by atoms with Crippen molar-refractivity contribution < 1.29 is 19.4 Å². The van der Waals surface area contributed by atoms with E-state index in [0.29, 0.717) is 22.0 Å². The SMILES string of the molecule is COc1ccc(Cl)cc1CC(=O)Nc1ccsc1C(=O)O. The number of nitrogens with one attached hydrogen (secondary N) is 1. The van der Waals surface area contributed by atoms with E-state index in [4.69, 9.17) is 21.4 Å². The Morgan fingerprint density at radius 3 is 2.81 bits per heavy atom. The predicted octanol–water partition coefficient (Wildman–Crippen LogP) is 3.29. The van der Waals surface area contributed by atoms with Crippen LogP contribution < -0.4 is 10.1 Å². The minimum atomic E-state index is -1.07. The number of carbonyl (C=O) groups excluding carboxylic acids is 1. The summed E-state index contributed by atoms with van der Waals surface area (Å²) in [5.41, 5.74) is 0.924. The first-order valence-corrected chi connectivity index (χ1v) is 7.20. The van der Waals surface area contributed by atoms with Crippen LogP contribution >= 0.6 is 22.9 Å². The molecule has 1 amide bonds. The Labute approximate surface area is 130 Å². The number of ether oxygens (including phenoxy) is 1. The Kier molecular flexibility index (Phi) is 4.82. The third kappa shape index (κ3) is 3.74. The van der Waals surface area contributed by atoms with Crippen molar-refractivity contribution in [1.29, 1.82) is 0 Å². The Hall–Kier alpha value is -2.05. The summed E-state index contributed by atoms with van der Waals surface area (Å²) in [6, 6.07) is 6.55. The van der Waals surface area contributed by atoms with Gasteiger partial charge in [-0.25, -0.2) is 4.79 Å². The van der Waals surface area contributed by atoms with Gasteiger partial charge in [-0.15, -0.1) is 11.3 Å². The molecular weight excluding hydrogens is 314 g/mol. The number of anilines is 1. The topological polar surface area (TPSA) is 75.6 Å². The zero-order chi connectivity index (χ0) is 15.4. The van der Waals surface area contributed by atoms with E-state index in [2.05, 4.69) is 5.32 Å². The van der Waals surface area contributed by atoms with Gasteiger partial charge in [-0.1, -0.05) is 11.6 Å². The lowest BCUT2D eigenvalue weighted by Crippen LogP contribution is -2.16. The van der Waals surface area contributed by atoms with Gasteiger partial charge in [0.15, 0.2) is 0 Å². The second kappa shape index (κ2) is 6.60. The van der Waals surface area contributed by atoms with Crippen molar-refractivity contribution in [3.05, 3.63) is 45.1 Å². The van der Waals surface area contributed by atoms with Gasteiger partial charge >= 0.3 is 5.97 Å². The highest BCUT2D eigenvalue weighted by atomic mass is 35.5. The summed E-state index contributed by atoms with van der Waals surface area (Å²) < 4.78 is 5.17. The van der Waals surface area contributed by atoms with E-state index < -0.39 is 5.97 Å². The molecule has 110 valence electrons. The van der Waals surface area contributed by atoms with Crippen LogP contribution in [0, 0.1) is 0 Å². The van der Waals surface area contributed by atoms with Crippen LogP contribution in [0.3, 0.4) is 0 Å². The highest BCUT2D eigenvalue weighted by molar-refractivity contribution is 7.12. The Morgan fingerprint density at radius 2 is 2.14 bits per heavy atom. The molecule has 0 aliphatic heterocycles. The molecule has 0 aliphatic carbocycles. The number of methoxy groups -OCH3 is 1. The van der Waals surface area contributed by atoms with Gasteiger partial charge in [0, 0.05) is 10.6 Å². The molecule has 2 aromatic rings. The third-order valence-corrected chi connectivity index (χ3v) is 3.86. The van der Waals surface area contributed by atoms with E-state index in [1.54, 1.807) is 29.6 Å². The number of carboxylic acid groups (broad SMARTS) is 1. The van der Waals surface area contributed by atoms with Gasteiger partial charge in [0.05, 0.1) is 19.2 Å². The molecule has 1 aromatic heterocycles. The molecule has 0 radical (unpaired) electrons. The number of thiophene rings is 1. The van der Waals surface area contributed by atoms with E-state index in [-0.39, 0.29) is 17.2 Å². The fourth-order valence-corrected chi connectivity index (χ4v) is 2.71. The molecule has 0 fully saturated rings. The van der Waals surface area contributed by atoms with Crippen LogP contribution in [0.15, 0.2) is 29.6 Å². The summed E-state index contributed by atoms with van der Waals surface area (Å²) in [4.78, 5) is 23.1. The number of hydrogen-bond acceptors (Lipinski definition) is 4. The molecule has 0 spiro atoms. The first-order valence-electron chi connectivity index (χ1n) is 5.94. The van der Waals surface area contributed by atoms with E-state index in [0.717, 1.165) is 11.3 Å². The summed E-state index contributed by atoms with van der Waals surface area (Å²) >= 11 is 6.96. The van der Waals surface area contributed by atoms with Crippen LogP contribution in [0.25, 0.3) is 0 Å². The minimum absolute atomic E-state index is 0.0403. The van der Waals surface area contributed by atoms with Gasteiger partial charge in [0.1, 0.15) is 10.6 Å². The van der Waals surface area contributed by atoms with E-state index in [1.807, 2.05) is 0 Å². The summed E-state index contributed by atoms with van der Waals surface area (Å²) in [5.74, 6) is -0.851. The maximum Gasteiger partial charge on any atom is 0.348 e. The van der Waals surface area contributed by atoms with Gasteiger partial charge in [-0.05, 0) is 29.6 Å². The normalized spacial score (nSPS) is 10.2. The lowest BCUT2D eigenvalue weighted by molar-refractivity contribution is -0.115. The maximum atomic E-state index is 12.0. The minimum Gasteiger partial charge on any atom is -0.496 e. The molecule has 7 heteroatoms. The fraction of sp³-hybridized carbons (Fsp3) is 0.143. The third-order valence-electron chi connectivity index (χ3n) is 2.73. The van der Waals surface area contributed by atoms with Crippen LogP contribution in [0.2, 0.25) is 5.02 Å². The Bertz CT molecular complexity index is 683. The number of rotatable bonds is 5. The lowest BCUT2D eigenvalue weighted by Gasteiger charge is -2.09. The number of hydrogen-bond donors (Lipinski definition) is 2. The number of aromatic carboxylic acids is 1. The molecule has 0 saturated carbocycles. The predicted molar refractivity (Wildman–Crippen MR) is 81.6 cm³/mol. The fourth-order valence-electron chi connectivity index (χ4n) is 1.83. The number of halogens is 1. The molecule has 1 heterocycles. The second-order valence-electron chi connectivity index (χ2n) is 4.15. The first-order chi connectivity index (χ1) is 10.0. The van der Waals surface area contributed by atoms with Gasteiger partial charge < -0.3 is 15.2 Å². The number of carboxylic acids is 1. The quantitative estimate of drug-likeness (QED) is 0.884. The van der Waals surface area contributed by atoms with Crippen LogP contribution in [0.4, 0.5) is 5.69 Å². The zero-order valence-corrected chi connectivity index (χ0v) is 12.6. The van der Waals surface area contributed by atoms with E-state index in [1.165, 1.54) is 7.11 Å². The van der Waals surface area contributed by atoms with E-state index >= 15 is 0 Å². The molecule has 0 atom stereocenters.